The van der Waals surface area contributed by atoms with Crippen molar-refractivity contribution in [2.45, 2.75) is 13.0 Å². The third-order valence-corrected chi connectivity index (χ3v) is 2.99. The molecule has 2 N–H and O–H groups in total. The summed E-state index contributed by atoms with van der Waals surface area (Å²) in [5.41, 5.74) is 7.13. The molecule has 0 saturated carbocycles. The standard InChI is InChI=1S/C16H18FNO2/c1-19-14-6-5-13(16(17)10-14)11-20-15-4-2-3-12(9-15)7-8-18/h2-6,9-10H,7-8,11,18H2,1H3. The molecule has 3 nitrogen and oxygen atoms in total. The van der Waals surface area contributed by atoms with Crippen LogP contribution in [-0.4, -0.2) is 13.7 Å². The summed E-state index contributed by atoms with van der Waals surface area (Å²) in [5.74, 6) is 0.879. The third-order valence-electron chi connectivity index (χ3n) is 2.99. The number of methoxy groups -OCH3 is 1. The zero-order chi connectivity index (χ0) is 14.4. The Labute approximate surface area is 118 Å². The van der Waals surface area contributed by atoms with Crippen LogP contribution in [0.1, 0.15) is 11.1 Å². The molecule has 0 spiro atoms. The van der Waals surface area contributed by atoms with Gasteiger partial charge in [-0.3, -0.25) is 0 Å². The minimum absolute atomic E-state index is 0.182. The van der Waals surface area contributed by atoms with Gasteiger partial charge in [-0.25, -0.2) is 4.39 Å². The van der Waals surface area contributed by atoms with E-state index in [0.717, 1.165) is 12.0 Å². The molecule has 20 heavy (non-hydrogen) atoms. The molecule has 0 aliphatic carbocycles. The summed E-state index contributed by atoms with van der Waals surface area (Å²) in [7, 11) is 1.51. The SMILES string of the molecule is COc1ccc(COc2cccc(CCN)c2)c(F)c1. The number of ether oxygens (including phenoxy) is 2. The van der Waals surface area contributed by atoms with E-state index < -0.39 is 0 Å². The molecule has 0 aromatic heterocycles. The van der Waals surface area contributed by atoms with E-state index in [-0.39, 0.29) is 12.4 Å². The fraction of sp³-hybridized carbons (Fsp3) is 0.250. The normalized spacial score (nSPS) is 10.3. The fourth-order valence-corrected chi connectivity index (χ4v) is 1.89. The minimum atomic E-state index is -0.331. The Morgan fingerprint density at radius 3 is 2.65 bits per heavy atom. The molecule has 0 unspecified atom stereocenters. The molecule has 0 saturated heterocycles. The zero-order valence-corrected chi connectivity index (χ0v) is 11.4. The highest BCUT2D eigenvalue weighted by Gasteiger charge is 2.05. The predicted octanol–water partition coefficient (Wildman–Crippen LogP) is 2.91. The van der Waals surface area contributed by atoms with Crippen LogP contribution in [0.3, 0.4) is 0 Å². The van der Waals surface area contributed by atoms with Gasteiger partial charge in [0.25, 0.3) is 0 Å². The second kappa shape index (κ2) is 6.91. The van der Waals surface area contributed by atoms with Gasteiger partial charge in [0.05, 0.1) is 7.11 Å². The van der Waals surface area contributed by atoms with E-state index in [2.05, 4.69) is 0 Å². The Kier molecular flexibility index (Phi) is 4.96. The number of rotatable bonds is 6. The number of hydrogen-bond donors (Lipinski definition) is 1. The highest BCUT2D eigenvalue weighted by atomic mass is 19.1. The lowest BCUT2D eigenvalue weighted by molar-refractivity contribution is 0.299. The van der Waals surface area contributed by atoms with Crippen molar-refractivity contribution in [2.75, 3.05) is 13.7 Å². The van der Waals surface area contributed by atoms with Crippen molar-refractivity contribution < 1.29 is 13.9 Å². The van der Waals surface area contributed by atoms with Crippen LogP contribution >= 0.6 is 0 Å². The van der Waals surface area contributed by atoms with Gasteiger partial charge in [0.2, 0.25) is 0 Å². The molecule has 0 atom stereocenters. The molecule has 4 heteroatoms. The van der Waals surface area contributed by atoms with E-state index >= 15 is 0 Å². The van der Waals surface area contributed by atoms with Crippen molar-refractivity contribution in [3.63, 3.8) is 0 Å². The van der Waals surface area contributed by atoms with Gasteiger partial charge in [-0.05, 0) is 42.8 Å². The van der Waals surface area contributed by atoms with E-state index in [1.807, 2.05) is 24.3 Å². The summed E-state index contributed by atoms with van der Waals surface area (Å²) in [4.78, 5) is 0. The van der Waals surface area contributed by atoms with Crippen molar-refractivity contribution >= 4 is 0 Å². The maximum Gasteiger partial charge on any atom is 0.133 e. The topological polar surface area (TPSA) is 44.5 Å². The lowest BCUT2D eigenvalue weighted by Gasteiger charge is -2.09. The Morgan fingerprint density at radius 1 is 1.10 bits per heavy atom. The van der Waals surface area contributed by atoms with Gasteiger partial charge in [-0.2, -0.15) is 0 Å². The number of hydrogen-bond acceptors (Lipinski definition) is 3. The van der Waals surface area contributed by atoms with Crippen LogP contribution in [-0.2, 0) is 13.0 Å². The largest absolute Gasteiger partial charge is 0.497 e. The summed E-state index contributed by atoms with van der Waals surface area (Å²) >= 11 is 0. The van der Waals surface area contributed by atoms with Crippen molar-refractivity contribution in [1.29, 1.82) is 0 Å². The van der Waals surface area contributed by atoms with Crippen LogP contribution in [0, 0.1) is 5.82 Å². The van der Waals surface area contributed by atoms with E-state index in [0.29, 0.717) is 23.6 Å². The molecule has 0 amide bonds. The molecular weight excluding hydrogens is 257 g/mol. The molecule has 0 radical (unpaired) electrons. The second-order valence-corrected chi connectivity index (χ2v) is 4.43. The maximum absolute atomic E-state index is 13.8. The average molecular weight is 275 g/mol. The monoisotopic (exact) mass is 275 g/mol. The summed E-state index contributed by atoms with van der Waals surface area (Å²) in [6.45, 7) is 0.776. The number of nitrogens with two attached hydrogens (primary N) is 1. The lowest BCUT2D eigenvalue weighted by Crippen LogP contribution is -2.03. The highest BCUT2D eigenvalue weighted by molar-refractivity contribution is 5.31. The van der Waals surface area contributed by atoms with Crippen molar-refractivity contribution in [3.05, 3.63) is 59.4 Å². The lowest BCUT2D eigenvalue weighted by atomic mass is 10.1. The van der Waals surface area contributed by atoms with Crippen molar-refractivity contribution in [2.24, 2.45) is 5.73 Å². The van der Waals surface area contributed by atoms with E-state index in [1.54, 1.807) is 12.1 Å². The first-order valence-corrected chi connectivity index (χ1v) is 6.47. The Hall–Kier alpha value is -2.07. The molecule has 0 aliphatic heterocycles. The van der Waals surface area contributed by atoms with Gasteiger partial charge < -0.3 is 15.2 Å². The average Bonchev–Trinajstić information content (AvgIpc) is 2.46. The fourth-order valence-electron chi connectivity index (χ4n) is 1.89. The van der Waals surface area contributed by atoms with Crippen LogP contribution in [0.4, 0.5) is 4.39 Å². The summed E-state index contributed by atoms with van der Waals surface area (Å²) in [5, 5.41) is 0. The molecule has 0 heterocycles. The van der Waals surface area contributed by atoms with E-state index in [1.165, 1.54) is 13.2 Å². The maximum atomic E-state index is 13.8. The van der Waals surface area contributed by atoms with Crippen LogP contribution in [0.5, 0.6) is 11.5 Å². The molecule has 2 aromatic carbocycles. The van der Waals surface area contributed by atoms with E-state index in [9.17, 15) is 4.39 Å². The van der Waals surface area contributed by atoms with Gasteiger partial charge in [-0.15, -0.1) is 0 Å². The molecule has 0 aliphatic rings. The molecular formula is C16H18FNO2. The second-order valence-electron chi connectivity index (χ2n) is 4.43. The molecule has 2 rings (SSSR count). The van der Waals surface area contributed by atoms with Crippen LogP contribution in [0.25, 0.3) is 0 Å². The third kappa shape index (κ3) is 3.71. The minimum Gasteiger partial charge on any atom is -0.497 e. The highest BCUT2D eigenvalue weighted by Crippen LogP contribution is 2.19. The van der Waals surface area contributed by atoms with Crippen LogP contribution in [0.2, 0.25) is 0 Å². The smallest absolute Gasteiger partial charge is 0.133 e. The summed E-state index contributed by atoms with van der Waals surface area (Å²) < 4.78 is 24.3. The first kappa shape index (κ1) is 14.3. The Morgan fingerprint density at radius 2 is 1.95 bits per heavy atom. The number of benzene rings is 2. The molecule has 2 aromatic rings. The summed E-state index contributed by atoms with van der Waals surface area (Å²) in [6, 6.07) is 12.4. The summed E-state index contributed by atoms with van der Waals surface area (Å²) in [6.07, 6.45) is 0.800. The van der Waals surface area contributed by atoms with Crippen molar-refractivity contribution in [3.8, 4) is 11.5 Å². The molecule has 0 bridgehead atoms. The van der Waals surface area contributed by atoms with Gasteiger partial charge in [0, 0.05) is 11.6 Å². The zero-order valence-electron chi connectivity index (χ0n) is 11.4. The predicted molar refractivity (Wildman–Crippen MR) is 76.5 cm³/mol. The van der Waals surface area contributed by atoms with Gasteiger partial charge in [-0.1, -0.05) is 12.1 Å². The van der Waals surface area contributed by atoms with Crippen LogP contribution < -0.4 is 15.2 Å². The van der Waals surface area contributed by atoms with Gasteiger partial charge >= 0.3 is 0 Å². The quantitative estimate of drug-likeness (QED) is 0.881. The van der Waals surface area contributed by atoms with Gasteiger partial charge in [0.15, 0.2) is 0 Å². The Bertz CT molecular complexity index is 572. The van der Waals surface area contributed by atoms with Gasteiger partial charge in [0.1, 0.15) is 23.9 Å². The Balaban J connectivity index is 2.03. The van der Waals surface area contributed by atoms with E-state index in [4.69, 9.17) is 15.2 Å². The number of halogens is 1. The molecule has 106 valence electrons. The first-order chi connectivity index (χ1) is 9.72. The first-order valence-electron chi connectivity index (χ1n) is 6.47. The van der Waals surface area contributed by atoms with Crippen LogP contribution in [0.15, 0.2) is 42.5 Å². The van der Waals surface area contributed by atoms with Crippen molar-refractivity contribution in [1.82, 2.24) is 0 Å². The molecule has 0 fully saturated rings.